The molecule has 1 unspecified atom stereocenters. The maximum Gasteiger partial charge on any atom is 0.206 e. The van der Waals surface area contributed by atoms with E-state index in [1.807, 2.05) is 44.3 Å². The first-order valence-electron chi connectivity index (χ1n) is 5.53. The van der Waals surface area contributed by atoms with Crippen molar-refractivity contribution in [3.05, 3.63) is 30.6 Å². The summed E-state index contributed by atoms with van der Waals surface area (Å²) >= 11 is 0. The van der Waals surface area contributed by atoms with E-state index >= 15 is 0 Å². The number of anilines is 1. The number of amidine groups is 1. The molecule has 0 amide bonds. The zero-order chi connectivity index (χ0) is 12.4. The number of aliphatic imine (C=N–C) groups is 2. The smallest absolute Gasteiger partial charge is 0.206 e. The molecule has 2 rings (SSSR count). The molecule has 1 aliphatic heterocycles. The van der Waals surface area contributed by atoms with Crippen molar-refractivity contribution in [2.45, 2.75) is 20.0 Å². The van der Waals surface area contributed by atoms with Crippen molar-refractivity contribution in [1.82, 2.24) is 10.3 Å². The third-order valence-corrected chi connectivity index (χ3v) is 2.55. The molecule has 0 fully saturated rings. The predicted molar refractivity (Wildman–Crippen MR) is 71.5 cm³/mol. The second-order valence-corrected chi connectivity index (χ2v) is 4.10. The van der Waals surface area contributed by atoms with E-state index in [0.717, 1.165) is 23.1 Å². The van der Waals surface area contributed by atoms with E-state index < -0.39 is 0 Å². The second-order valence-electron chi connectivity index (χ2n) is 4.10. The number of hydrogen-bond donors (Lipinski definition) is 2. The molecule has 0 saturated heterocycles. The summed E-state index contributed by atoms with van der Waals surface area (Å²) < 4.78 is 0. The monoisotopic (exact) mass is 231 g/mol. The molecule has 1 atom stereocenters. The Morgan fingerprint density at radius 1 is 1.47 bits per heavy atom. The molecule has 0 bridgehead atoms. The van der Waals surface area contributed by atoms with Crippen LogP contribution < -0.4 is 10.2 Å². The van der Waals surface area contributed by atoms with Crippen LogP contribution in [-0.2, 0) is 0 Å². The van der Waals surface area contributed by atoms with Crippen molar-refractivity contribution in [3.63, 3.8) is 0 Å². The molecule has 1 aromatic rings. The van der Waals surface area contributed by atoms with E-state index in [2.05, 4.69) is 26.9 Å². The maximum absolute atomic E-state index is 4.46. The van der Waals surface area contributed by atoms with Gasteiger partial charge >= 0.3 is 0 Å². The average molecular weight is 231 g/mol. The number of H-pyrrole nitrogens is 1. The van der Waals surface area contributed by atoms with Crippen molar-refractivity contribution >= 4 is 17.5 Å². The summed E-state index contributed by atoms with van der Waals surface area (Å²) in [5.41, 5.74) is 1.96. The maximum atomic E-state index is 4.46. The lowest BCUT2D eigenvalue weighted by Gasteiger charge is -2.26. The van der Waals surface area contributed by atoms with Crippen molar-refractivity contribution in [1.29, 1.82) is 0 Å². The van der Waals surface area contributed by atoms with Crippen molar-refractivity contribution in [3.8, 4) is 0 Å². The Labute approximate surface area is 101 Å². The van der Waals surface area contributed by atoms with Gasteiger partial charge in [0.15, 0.2) is 0 Å². The molecule has 0 saturated carbocycles. The van der Waals surface area contributed by atoms with Gasteiger partial charge in [-0.2, -0.15) is 0 Å². The minimum absolute atomic E-state index is 0.0839. The van der Waals surface area contributed by atoms with Crippen LogP contribution in [0.2, 0.25) is 0 Å². The van der Waals surface area contributed by atoms with Gasteiger partial charge in [0.1, 0.15) is 12.0 Å². The lowest BCUT2D eigenvalue weighted by molar-refractivity contribution is 0.763. The number of aromatic nitrogens is 1. The van der Waals surface area contributed by atoms with Crippen LogP contribution >= 0.6 is 0 Å². The topological polar surface area (TPSA) is 55.8 Å². The van der Waals surface area contributed by atoms with Gasteiger partial charge in [-0.15, -0.1) is 0 Å². The van der Waals surface area contributed by atoms with Crippen molar-refractivity contribution in [2.24, 2.45) is 9.98 Å². The second kappa shape index (κ2) is 4.45. The molecule has 2 heterocycles. The van der Waals surface area contributed by atoms with Gasteiger partial charge < -0.3 is 15.2 Å². The molecular weight excluding hydrogens is 214 g/mol. The third kappa shape index (κ3) is 2.38. The molecule has 0 radical (unpaired) electrons. The van der Waals surface area contributed by atoms with Crippen LogP contribution in [0.4, 0.5) is 5.69 Å². The van der Waals surface area contributed by atoms with Crippen LogP contribution in [0.3, 0.4) is 0 Å². The number of rotatable bonds is 2. The van der Waals surface area contributed by atoms with E-state index in [1.54, 1.807) is 0 Å². The highest BCUT2D eigenvalue weighted by molar-refractivity contribution is 6.13. The minimum atomic E-state index is -0.0839. The molecule has 0 aliphatic carbocycles. The van der Waals surface area contributed by atoms with Gasteiger partial charge in [-0.25, -0.2) is 9.98 Å². The van der Waals surface area contributed by atoms with E-state index in [0.29, 0.717) is 0 Å². The van der Waals surface area contributed by atoms with E-state index in [-0.39, 0.29) is 6.17 Å². The first-order chi connectivity index (χ1) is 8.08. The van der Waals surface area contributed by atoms with E-state index in [4.69, 9.17) is 0 Å². The highest BCUT2D eigenvalue weighted by Crippen LogP contribution is 2.13. The van der Waals surface area contributed by atoms with E-state index in [1.165, 1.54) is 0 Å². The highest BCUT2D eigenvalue weighted by atomic mass is 15.3. The molecule has 0 spiro atoms. The van der Waals surface area contributed by atoms with Gasteiger partial charge in [-0.3, -0.25) is 0 Å². The number of guanidine groups is 1. The lowest BCUT2D eigenvalue weighted by Crippen LogP contribution is -2.45. The zero-order valence-electron chi connectivity index (χ0n) is 10.4. The first kappa shape index (κ1) is 11.4. The van der Waals surface area contributed by atoms with Gasteiger partial charge in [-0.1, -0.05) is 6.58 Å². The number of nitrogens with zero attached hydrogens (tertiary/aromatic N) is 3. The van der Waals surface area contributed by atoms with E-state index in [9.17, 15) is 0 Å². The average Bonchev–Trinajstić information content (AvgIpc) is 2.80. The fraction of sp³-hybridized carbons (Fsp3) is 0.333. The van der Waals surface area contributed by atoms with Gasteiger partial charge in [0, 0.05) is 19.4 Å². The van der Waals surface area contributed by atoms with Crippen LogP contribution in [0.5, 0.6) is 0 Å². The summed E-state index contributed by atoms with van der Waals surface area (Å²) in [4.78, 5) is 13.8. The molecular formula is C12H17N5. The lowest BCUT2D eigenvalue weighted by atomic mass is 10.3. The Morgan fingerprint density at radius 2 is 2.24 bits per heavy atom. The minimum Gasteiger partial charge on any atom is -0.366 e. The standard InChI is InChI=1S/C12H17N5/c1-8(2)11-14-9(3)15-12(16-11)17(4)10-5-6-13-7-10/h5-7,9,13H,1H2,2-4H3,(H,14,15,16). The molecule has 5 nitrogen and oxygen atoms in total. The fourth-order valence-corrected chi connectivity index (χ4v) is 1.60. The summed E-state index contributed by atoms with van der Waals surface area (Å²) in [5.74, 6) is 1.58. The van der Waals surface area contributed by atoms with Gasteiger partial charge in [-0.05, 0) is 25.5 Å². The molecule has 5 heteroatoms. The summed E-state index contributed by atoms with van der Waals surface area (Å²) in [5, 5.41) is 3.18. The van der Waals surface area contributed by atoms with Crippen LogP contribution in [-0.4, -0.2) is 30.0 Å². The van der Waals surface area contributed by atoms with Crippen LogP contribution in [0.15, 0.2) is 40.6 Å². The SMILES string of the molecule is C=C(C)C1=NC(C)N=C(N(C)c2cc[nH]c2)N1. The number of aromatic amines is 1. The Bertz CT molecular complexity index is 469. The molecule has 90 valence electrons. The van der Waals surface area contributed by atoms with Crippen LogP contribution in [0.1, 0.15) is 13.8 Å². The zero-order valence-corrected chi connectivity index (χ0v) is 10.4. The van der Waals surface area contributed by atoms with Crippen molar-refractivity contribution < 1.29 is 0 Å². The Balaban J connectivity index is 2.20. The number of nitrogens with one attached hydrogen (secondary N) is 2. The van der Waals surface area contributed by atoms with Gasteiger partial charge in [0.05, 0.1) is 5.69 Å². The van der Waals surface area contributed by atoms with Gasteiger partial charge in [0.2, 0.25) is 5.96 Å². The van der Waals surface area contributed by atoms with Crippen LogP contribution in [0, 0.1) is 0 Å². The Kier molecular flexibility index (Phi) is 2.99. The fourth-order valence-electron chi connectivity index (χ4n) is 1.60. The largest absolute Gasteiger partial charge is 0.366 e. The van der Waals surface area contributed by atoms with Gasteiger partial charge in [0.25, 0.3) is 0 Å². The number of hydrogen-bond acceptors (Lipinski definition) is 4. The summed E-state index contributed by atoms with van der Waals surface area (Å²) in [6.07, 6.45) is 3.72. The third-order valence-electron chi connectivity index (χ3n) is 2.55. The predicted octanol–water partition coefficient (Wildman–Crippen LogP) is 1.73. The molecule has 1 aromatic heterocycles. The van der Waals surface area contributed by atoms with Crippen LogP contribution in [0.25, 0.3) is 0 Å². The Hall–Kier alpha value is -2.04. The Morgan fingerprint density at radius 3 is 2.82 bits per heavy atom. The van der Waals surface area contributed by atoms with Crippen molar-refractivity contribution in [2.75, 3.05) is 11.9 Å². The molecule has 0 aromatic carbocycles. The first-order valence-corrected chi connectivity index (χ1v) is 5.53. The molecule has 1 aliphatic rings. The summed E-state index contributed by atoms with van der Waals surface area (Å²) in [6, 6.07) is 1.99. The summed E-state index contributed by atoms with van der Waals surface area (Å²) in [6.45, 7) is 7.78. The summed E-state index contributed by atoms with van der Waals surface area (Å²) in [7, 11) is 1.96. The highest BCUT2D eigenvalue weighted by Gasteiger charge is 2.17. The molecule has 2 N–H and O–H groups in total. The normalized spacial score (nSPS) is 19.1. The molecule has 17 heavy (non-hydrogen) atoms. The quantitative estimate of drug-likeness (QED) is 0.814.